The maximum atomic E-state index is 12.6. The molecule has 29 heavy (non-hydrogen) atoms. The van der Waals surface area contributed by atoms with Gasteiger partial charge in [-0.1, -0.05) is 0 Å². The Morgan fingerprint density at radius 1 is 1.00 bits per heavy atom. The van der Waals surface area contributed by atoms with Crippen LogP contribution in [-0.2, 0) is 9.53 Å². The van der Waals surface area contributed by atoms with Crippen molar-refractivity contribution in [3.05, 3.63) is 0 Å². The number of ether oxygens (including phenoxy) is 1. The number of hydrogen-bond donors (Lipinski definition) is 2. The van der Waals surface area contributed by atoms with Crippen LogP contribution in [0.5, 0.6) is 0 Å². The van der Waals surface area contributed by atoms with Crippen LogP contribution in [0, 0.1) is 5.92 Å². The van der Waals surface area contributed by atoms with Crippen molar-refractivity contribution in [1.29, 1.82) is 0 Å². The van der Waals surface area contributed by atoms with Gasteiger partial charge in [-0.15, -0.1) is 0 Å². The molecule has 0 radical (unpaired) electrons. The van der Waals surface area contributed by atoms with Gasteiger partial charge in [0.1, 0.15) is 5.60 Å². The molecule has 0 aromatic heterocycles. The summed E-state index contributed by atoms with van der Waals surface area (Å²) in [5.41, 5.74) is -0.894. The van der Waals surface area contributed by atoms with E-state index in [4.69, 9.17) is 4.74 Å². The second-order valence-corrected chi connectivity index (χ2v) is 7.91. The number of carbonyl (C=O) groups excluding carboxylic acids is 2. The lowest BCUT2D eigenvalue weighted by Gasteiger charge is -2.27. The second-order valence-electron chi connectivity index (χ2n) is 7.91. The molecule has 0 saturated carbocycles. The molecule has 2 atom stereocenters. The molecule has 1 saturated heterocycles. The average molecular weight is 435 g/mol. The van der Waals surface area contributed by atoms with Gasteiger partial charge < -0.3 is 15.4 Å². The average Bonchev–Trinajstić information content (AvgIpc) is 2.81. The van der Waals surface area contributed by atoms with Crippen LogP contribution in [0.1, 0.15) is 40.0 Å². The molecule has 1 aliphatic heterocycles. The Bertz CT molecular complexity index is 560. The van der Waals surface area contributed by atoms with Crippen molar-refractivity contribution in [2.24, 2.45) is 5.92 Å². The maximum Gasteiger partial charge on any atom is 0.417 e. The Morgan fingerprint density at radius 3 is 1.93 bits per heavy atom. The van der Waals surface area contributed by atoms with E-state index in [2.05, 4.69) is 10.6 Å². The Kier molecular flexibility index (Phi) is 8.75. The zero-order valence-corrected chi connectivity index (χ0v) is 16.5. The lowest BCUT2D eigenvalue weighted by molar-refractivity contribution is -0.135. The van der Waals surface area contributed by atoms with Crippen molar-refractivity contribution in [1.82, 2.24) is 15.5 Å². The number of nitrogens with zero attached hydrogens (tertiary/aromatic N) is 1. The van der Waals surface area contributed by atoms with Gasteiger partial charge in [0, 0.05) is 26.2 Å². The largest absolute Gasteiger partial charge is 0.443 e. The van der Waals surface area contributed by atoms with E-state index >= 15 is 0 Å². The molecule has 2 amide bonds. The maximum absolute atomic E-state index is 12.6. The molecule has 0 unspecified atom stereocenters. The summed E-state index contributed by atoms with van der Waals surface area (Å²) in [6.45, 7) is 3.88. The van der Waals surface area contributed by atoms with Gasteiger partial charge in [0.25, 0.3) is 0 Å². The molecule has 1 heterocycles. The highest BCUT2D eigenvalue weighted by molar-refractivity contribution is 5.95. The Labute approximate surface area is 165 Å². The predicted octanol–water partition coefficient (Wildman–Crippen LogP) is 3.22. The first-order valence-corrected chi connectivity index (χ1v) is 9.20. The molecule has 0 aromatic carbocycles. The fraction of sp³-hybridized carbons (Fsp3) is 0.882. The molecule has 0 aliphatic carbocycles. The van der Waals surface area contributed by atoms with Crippen molar-refractivity contribution >= 4 is 12.0 Å². The van der Waals surface area contributed by atoms with Gasteiger partial charge in [-0.05, 0) is 27.2 Å². The van der Waals surface area contributed by atoms with Crippen molar-refractivity contribution in [2.75, 3.05) is 26.2 Å². The number of carbonyl (C=O) groups is 2. The summed E-state index contributed by atoms with van der Waals surface area (Å²) in [4.78, 5) is 25.8. The number of rotatable bonds is 8. The summed E-state index contributed by atoms with van der Waals surface area (Å²) in [5, 5.41) is 5.11. The Balaban J connectivity index is 2.70. The third kappa shape index (κ3) is 10.2. The quantitative estimate of drug-likeness (QED) is 0.453. The van der Waals surface area contributed by atoms with Gasteiger partial charge in [-0.2, -0.15) is 26.3 Å². The van der Waals surface area contributed by atoms with E-state index < -0.39 is 54.8 Å². The zero-order valence-electron chi connectivity index (χ0n) is 16.5. The number of alkyl halides is 6. The lowest BCUT2D eigenvalue weighted by atomic mass is 10.1. The van der Waals surface area contributed by atoms with Gasteiger partial charge in [0.2, 0.25) is 5.91 Å². The van der Waals surface area contributed by atoms with Gasteiger partial charge in [-0.3, -0.25) is 4.79 Å². The predicted molar refractivity (Wildman–Crippen MR) is 92.1 cm³/mol. The first-order valence-electron chi connectivity index (χ1n) is 9.20. The molecule has 12 heteroatoms. The van der Waals surface area contributed by atoms with E-state index in [0.29, 0.717) is 0 Å². The fourth-order valence-corrected chi connectivity index (χ4v) is 2.81. The highest BCUT2D eigenvalue weighted by atomic mass is 19.4. The van der Waals surface area contributed by atoms with E-state index in [1.54, 1.807) is 20.8 Å². The minimum Gasteiger partial charge on any atom is -0.443 e. The highest BCUT2D eigenvalue weighted by Gasteiger charge is 2.44. The summed E-state index contributed by atoms with van der Waals surface area (Å²) in [6, 6.07) is -0.750. The number of hydrogen-bond acceptors (Lipinski definition) is 5. The normalized spacial score (nSPS) is 21.0. The molecule has 1 fully saturated rings. The van der Waals surface area contributed by atoms with Crippen LogP contribution in [0.3, 0.4) is 0 Å². The summed E-state index contributed by atoms with van der Waals surface area (Å²) >= 11 is 0. The Morgan fingerprint density at radius 2 is 1.48 bits per heavy atom. The van der Waals surface area contributed by atoms with Crippen LogP contribution >= 0.6 is 0 Å². The summed E-state index contributed by atoms with van der Waals surface area (Å²) in [5.74, 6) is -1.40. The standard InChI is InChI=1S/C17H27F6N3O3/c1-15(2,3)29-14(28)26-12(10-25-7-5-17(21,22)23)8-11(13(26)27)9-24-6-4-16(18,19)20/h11-12,24-25H,4-10H2,1-3H3/t11-,12+/m0/s1. The van der Waals surface area contributed by atoms with Crippen molar-refractivity contribution in [3.63, 3.8) is 0 Å². The molecule has 2 N–H and O–H groups in total. The fourth-order valence-electron chi connectivity index (χ4n) is 2.81. The van der Waals surface area contributed by atoms with Gasteiger partial charge >= 0.3 is 18.4 Å². The zero-order chi connectivity index (χ0) is 22.5. The second kappa shape index (κ2) is 9.96. The minimum atomic E-state index is -4.34. The van der Waals surface area contributed by atoms with Crippen molar-refractivity contribution in [2.45, 2.75) is 64.0 Å². The molecule has 1 rings (SSSR count). The van der Waals surface area contributed by atoms with Crippen LogP contribution in [0.4, 0.5) is 31.1 Å². The smallest absolute Gasteiger partial charge is 0.417 e. The number of imide groups is 1. The molecule has 6 nitrogen and oxygen atoms in total. The van der Waals surface area contributed by atoms with Crippen LogP contribution < -0.4 is 10.6 Å². The molecular formula is C17H27F6N3O3. The van der Waals surface area contributed by atoms with Crippen molar-refractivity contribution < 1.29 is 40.7 Å². The third-order valence-electron chi connectivity index (χ3n) is 4.04. The van der Waals surface area contributed by atoms with Gasteiger partial charge in [-0.25, -0.2) is 9.69 Å². The van der Waals surface area contributed by atoms with Gasteiger partial charge in [0.05, 0.1) is 24.8 Å². The van der Waals surface area contributed by atoms with Crippen LogP contribution in [0.25, 0.3) is 0 Å². The molecule has 0 bridgehead atoms. The summed E-state index contributed by atoms with van der Waals surface area (Å²) in [6.07, 6.45) is -11.6. The van der Waals surface area contributed by atoms with Crippen LogP contribution in [0.15, 0.2) is 0 Å². The lowest BCUT2D eigenvalue weighted by Crippen LogP contribution is -2.46. The number of amides is 2. The van der Waals surface area contributed by atoms with E-state index in [1.165, 1.54) is 0 Å². The van der Waals surface area contributed by atoms with E-state index in [1.807, 2.05) is 0 Å². The molecule has 0 spiro atoms. The van der Waals surface area contributed by atoms with E-state index in [0.717, 1.165) is 4.90 Å². The first-order chi connectivity index (χ1) is 13.1. The first kappa shape index (κ1) is 25.5. The molecular weight excluding hydrogens is 408 g/mol. The molecule has 1 aliphatic rings. The third-order valence-corrected chi connectivity index (χ3v) is 4.04. The van der Waals surface area contributed by atoms with Gasteiger partial charge in [0.15, 0.2) is 0 Å². The minimum absolute atomic E-state index is 0.0693. The monoisotopic (exact) mass is 435 g/mol. The van der Waals surface area contributed by atoms with Crippen LogP contribution in [-0.4, -0.2) is 67.1 Å². The number of likely N-dealkylation sites (tertiary alicyclic amines) is 1. The SMILES string of the molecule is CC(C)(C)OC(=O)N1C(=O)[C@H](CNCCC(F)(F)F)C[C@@H]1CNCCC(F)(F)F. The van der Waals surface area contributed by atoms with E-state index in [9.17, 15) is 35.9 Å². The summed E-state index contributed by atoms with van der Waals surface area (Å²) in [7, 11) is 0. The van der Waals surface area contributed by atoms with E-state index in [-0.39, 0.29) is 32.6 Å². The van der Waals surface area contributed by atoms with Crippen LogP contribution in [0.2, 0.25) is 0 Å². The number of halogens is 6. The van der Waals surface area contributed by atoms with Crippen molar-refractivity contribution in [3.8, 4) is 0 Å². The molecule has 0 aromatic rings. The molecule has 170 valence electrons. The topological polar surface area (TPSA) is 70.7 Å². The Hall–Kier alpha value is -1.56. The number of nitrogens with one attached hydrogen (secondary N) is 2. The highest BCUT2D eigenvalue weighted by Crippen LogP contribution is 2.27. The summed E-state index contributed by atoms with van der Waals surface area (Å²) < 4.78 is 78.6.